The highest BCUT2D eigenvalue weighted by Gasteiger charge is 2.10. The summed E-state index contributed by atoms with van der Waals surface area (Å²) in [7, 11) is -1.42. The minimum absolute atomic E-state index is 0.130. The van der Waals surface area contributed by atoms with Crippen molar-refractivity contribution < 1.29 is 13.2 Å². The fourth-order valence-corrected chi connectivity index (χ4v) is 2.47. The molecular formula is C13H21NO3S. The van der Waals surface area contributed by atoms with Crippen LogP contribution in [-0.4, -0.2) is 34.4 Å². The number of methoxy groups -OCH3 is 1. The highest BCUT2D eigenvalue weighted by molar-refractivity contribution is 7.91. The Morgan fingerprint density at radius 1 is 1.28 bits per heavy atom. The van der Waals surface area contributed by atoms with Gasteiger partial charge in [0.15, 0.2) is 9.84 Å². The van der Waals surface area contributed by atoms with Gasteiger partial charge in [-0.15, -0.1) is 0 Å². The smallest absolute Gasteiger partial charge is 0.178 e. The fraction of sp³-hybridized carbons (Fsp3) is 0.538. The van der Waals surface area contributed by atoms with Crippen LogP contribution in [0.1, 0.15) is 13.8 Å². The van der Waals surface area contributed by atoms with Gasteiger partial charge in [0.2, 0.25) is 0 Å². The van der Waals surface area contributed by atoms with Crippen molar-refractivity contribution in [2.45, 2.75) is 18.7 Å². The van der Waals surface area contributed by atoms with Crippen LogP contribution in [0.5, 0.6) is 0 Å². The largest absolute Gasteiger partial charge is 0.385 e. The van der Waals surface area contributed by atoms with Gasteiger partial charge in [-0.25, -0.2) is 8.42 Å². The van der Waals surface area contributed by atoms with Crippen LogP contribution in [0, 0.1) is 5.92 Å². The van der Waals surface area contributed by atoms with Gasteiger partial charge in [-0.1, -0.05) is 13.8 Å². The van der Waals surface area contributed by atoms with Crippen LogP contribution in [0.4, 0.5) is 5.69 Å². The van der Waals surface area contributed by atoms with E-state index >= 15 is 0 Å². The molecule has 0 saturated carbocycles. The van der Waals surface area contributed by atoms with E-state index in [2.05, 4.69) is 12.2 Å². The Hall–Kier alpha value is -1.07. The Labute approximate surface area is 109 Å². The van der Waals surface area contributed by atoms with Gasteiger partial charge in [0.1, 0.15) is 0 Å². The van der Waals surface area contributed by atoms with E-state index in [1.807, 2.05) is 0 Å². The van der Waals surface area contributed by atoms with E-state index in [9.17, 15) is 8.42 Å². The third-order valence-electron chi connectivity index (χ3n) is 2.70. The molecule has 0 amide bonds. The van der Waals surface area contributed by atoms with Gasteiger partial charge in [0.25, 0.3) is 0 Å². The summed E-state index contributed by atoms with van der Waals surface area (Å²) in [5, 5.41) is 3.25. The summed E-state index contributed by atoms with van der Waals surface area (Å²) in [4.78, 5) is 0.375. The van der Waals surface area contributed by atoms with Gasteiger partial charge in [-0.2, -0.15) is 0 Å². The zero-order valence-corrected chi connectivity index (χ0v) is 12.0. The zero-order valence-electron chi connectivity index (χ0n) is 11.1. The number of hydrogen-bond acceptors (Lipinski definition) is 4. The summed E-state index contributed by atoms with van der Waals surface area (Å²) in [5.74, 6) is 0.541. The average Bonchev–Trinajstić information content (AvgIpc) is 2.37. The summed E-state index contributed by atoms with van der Waals surface area (Å²) >= 11 is 0. The first kappa shape index (κ1) is 15.0. The van der Waals surface area contributed by atoms with Crippen LogP contribution in [0.25, 0.3) is 0 Å². The number of nitrogens with one attached hydrogen (secondary N) is 1. The van der Waals surface area contributed by atoms with Gasteiger partial charge in [0, 0.05) is 19.3 Å². The molecule has 1 rings (SSSR count). The summed E-state index contributed by atoms with van der Waals surface area (Å²) in [6.45, 7) is 5.24. The first-order valence-electron chi connectivity index (χ1n) is 6.05. The Bertz CT molecular complexity index is 454. The molecule has 4 nitrogen and oxygen atoms in total. The number of anilines is 1. The predicted molar refractivity (Wildman–Crippen MR) is 73.7 cm³/mol. The van der Waals surface area contributed by atoms with Gasteiger partial charge in [0.05, 0.1) is 17.3 Å². The van der Waals surface area contributed by atoms with Crippen molar-refractivity contribution in [2.75, 3.05) is 31.3 Å². The van der Waals surface area contributed by atoms with Gasteiger partial charge < -0.3 is 10.1 Å². The normalized spacial score (nSPS) is 13.3. The van der Waals surface area contributed by atoms with Crippen molar-refractivity contribution in [2.24, 2.45) is 5.92 Å². The third-order valence-corrected chi connectivity index (χ3v) is 4.45. The number of rotatable bonds is 7. The molecule has 0 saturated heterocycles. The van der Waals surface area contributed by atoms with Crippen molar-refractivity contribution in [1.82, 2.24) is 0 Å². The number of hydrogen-bond donors (Lipinski definition) is 1. The van der Waals surface area contributed by atoms with E-state index in [1.165, 1.54) is 0 Å². The number of ether oxygens (including phenoxy) is 1. The van der Waals surface area contributed by atoms with E-state index in [4.69, 9.17) is 4.74 Å². The monoisotopic (exact) mass is 271 g/mol. The van der Waals surface area contributed by atoms with E-state index in [0.29, 0.717) is 17.4 Å². The summed E-state index contributed by atoms with van der Waals surface area (Å²) < 4.78 is 28.3. The molecule has 5 heteroatoms. The Kier molecular flexibility index (Phi) is 5.62. The van der Waals surface area contributed by atoms with Gasteiger partial charge >= 0.3 is 0 Å². The molecule has 0 radical (unpaired) electrons. The van der Waals surface area contributed by atoms with E-state index in [0.717, 1.165) is 12.2 Å². The van der Waals surface area contributed by atoms with Crippen LogP contribution in [-0.2, 0) is 14.6 Å². The van der Waals surface area contributed by atoms with Gasteiger partial charge in [-0.3, -0.25) is 0 Å². The SMILES string of the molecule is CCS(=O)(=O)c1ccc(NCC(C)COC)cc1. The van der Waals surface area contributed by atoms with Crippen molar-refractivity contribution in [3.63, 3.8) is 0 Å². The molecule has 0 aromatic heterocycles. The molecule has 0 heterocycles. The minimum atomic E-state index is -3.10. The zero-order chi connectivity index (χ0) is 13.6. The number of benzene rings is 1. The summed E-state index contributed by atoms with van der Waals surface area (Å²) in [6.07, 6.45) is 0. The molecule has 0 bridgehead atoms. The molecule has 1 aromatic rings. The first-order valence-corrected chi connectivity index (χ1v) is 7.70. The highest BCUT2D eigenvalue weighted by Crippen LogP contribution is 2.15. The quantitative estimate of drug-likeness (QED) is 0.826. The average molecular weight is 271 g/mol. The molecule has 1 aromatic carbocycles. The second-order valence-corrected chi connectivity index (χ2v) is 6.65. The van der Waals surface area contributed by atoms with Crippen LogP contribution in [0.3, 0.4) is 0 Å². The number of sulfone groups is 1. The molecule has 0 aliphatic heterocycles. The van der Waals surface area contributed by atoms with Crippen LogP contribution < -0.4 is 5.32 Å². The Morgan fingerprint density at radius 2 is 1.89 bits per heavy atom. The lowest BCUT2D eigenvalue weighted by molar-refractivity contribution is 0.164. The molecule has 0 aliphatic carbocycles. The maximum atomic E-state index is 11.6. The van der Waals surface area contributed by atoms with Gasteiger partial charge in [-0.05, 0) is 30.2 Å². The summed E-state index contributed by atoms with van der Waals surface area (Å²) in [5.41, 5.74) is 0.924. The lowest BCUT2D eigenvalue weighted by atomic mass is 10.2. The van der Waals surface area contributed by atoms with Crippen molar-refractivity contribution in [3.05, 3.63) is 24.3 Å². The molecular weight excluding hydrogens is 250 g/mol. The minimum Gasteiger partial charge on any atom is -0.385 e. The second-order valence-electron chi connectivity index (χ2n) is 4.37. The molecule has 18 heavy (non-hydrogen) atoms. The van der Waals surface area contributed by atoms with Crippen molar-refractivity contribution in [1.29, 1.82) is 0 Å². The molecule has 0 fully saturated rings. The fourth-order valence-electron chi connectivity index (χ4n) is 1.58. The first-order chi connectivity index (χ1) is 8.49. The molecule has 102 valence electrons. The summed E-state index contributed by atoms with van der Waals surface area (Å²) in [6, 6.07) is 6.87. The second kappa shape index (κ2) is 6.75. The predicted octanol–water partition coefficient (Wildman–Crippen LogP) is 2.17. The highest BCUT2D eigenvalue weighted by atomic mass is 32.2. The van der Waals surface area contributed by atoms with E-state index in [-0.39, 0.29) is 5.75 Å². The molecule has 1 atom stereocenters. The lowest BCUT2D eigenvalue weighted by Crippen LogP contribution is -2.15. The maximum Gasteiger partial charge on any atom is 0.178 e. The van der Waals surface area contributed by atoms with Crippen LogP contribution in [0.15, 0.2) is 29.2 Å². The lowest BCUT2D eigenvalue weighted by Gasteiger charge is -2.12. The molecule has 0 spiro atoms. The van der Waals surface area contributed by atoms with Crippen LogP contribution in [0.2, 0.25) is 0 Å². The maximum absolute atomic E-state index is 11.6. The van der Waals surface area contributed by atoms with E-state index < -0.39 is 9.84 Å². The topological polar surface area (TPSA) is 55.4 Å². The van der Waals surface area contributed by atoms with Crippen molar-refractivity contribution >= 4 is 15.5 Å². The standard InChI is InChI=1S/C13H21NO3S/c1-4-18(15,16)13-7-5-12(6-8-13)14-9-11(2)10-17-3/h5-8,11,14H,4,9-10H2,1-3H3. The van der Waals surface area contributed by atoms with E-state index in [1.54, 1.807) is 38.3 Å². The molecule has 1 unspecified atom stereocenters. The molecule has 1 N–H and O–H groups in total. The Balaban J connectivity index is 2.61. The Morgan fingerprint density at radius 3 is 2.39 bits per heavy atom. The molecule has 0 aliphatic rings. The van der Waals surface area contributed by atoms with Crippen LogP contribution >= 0.6 is 0 Å². The third kappa shape index (κ3) is 4.31. The van der Waals surface area contributed by atoms with Crippen molar-refractivity contribution in [3.8, 4) is 0 Å².